The van der Waals surface area contributed by atoms with Crippen LogP contribution < -0.4 is 0 Å². The lowest BCUT2D eigenvalue weighted by Crippen LogP contribution is -2.11. The van der Waals surface area contributed by atoms with E-state index in [-0.39, 0.29) is 5.41 Å². The molecule has 23 heavy (non-hydrogen) atoms. The van der Waals surface area contributed by atoms with Crippen LogP contribution in [0.5, 0.6) is 0 Å². The molecule has 0 bridgehead atoms. The predicted molar refractivity (Wildman–Crippen MR) is 85.8 cm³/mol. The lowest BCUT2D eigenvalue weighted by Gasteiger charge is -2.13. The van der Waals surface area contributed by atoms with E-state index in [0.29, 0.717) is 10.7 Å². The summed E-state index contributed by atoms with van der Waals surface area (Å²) in [6.45, 7) is 0. The fourth-order valence-electron chi connectivity index (χ4n) is 3.07. The van der Waals surface area contributed by atoms with E-state index in [1.54, 1.807) is 10.6 Å². The van der Waals surface area contributed by atoms with Gasteiger partial charge in [0.2, 0.25) is 0 Å². The van der Waals surface area contributed by atoms with Crippen LogP contribution in [0.15, 0.2) is 42.5 Å². The molecule has 2 heterocycles. The summed E-state index contributed by atoms with van der Waals surface area (Å²) in [4.78, 5) is 11.9. The smallest absolute Gasteiger partial charge is 0.356 e. The number of methoxy groups -OCH3 is 1. The lowest BCUT2D eigenvalue weighted by molar-refractivity contribution is 0.0590. The van der Waals surface area contributed by atoms with Crippen LogP contribution in [0, 0.1) is 0 Å². The highest BCUT2D eigenvalue weighted by Gasteiger charge is 2.49. The van der Waals surface area contributed by atoms with Gasteiger partial charge in [0, 0.05) is 10.4 Å². The first-order chi connectivity index (χ1) is 11.2. The van der Waals surface area contributed by atoms with Gasteiger partial charge < -0.3 is 4.74 Å². The number of esters is 1. The Kier molecular flexibility index (Phi) is 3.13. The molecule has 3 aromatic rings. The summed E-state index contributed by atoms with van der Waals surface area (Å²) >= 11 is 5.99. The molecular weight excluding hydrogens is 314 g/mol. The SMILES string of the molecule is COC(=O)c1cccc2c(C3(c4ccc(Cl)cc4)CC3)nnn12. The number of nitrogens with zero attached hydrogens (tertiary/aromatic N) is 3. The second kappa shape index (κ2) is 5.06. The molecule has 116 valence electrons. The van der Waals surface area contributed by atoms with E-state index < -0.39 is 5.97 Å². The van der Waals surface area contributed by atoms with Crippen molar-refractivity contribution in [2.45, 2.75) is 18.3 Å². The second-order valence-corrected chi connectivity index (χ2v) is 6.16. The standard InChI is InChI=1S/C17H14ClN3O2/c1-23-16(22)14-4-2-3-13-15(19-20-21(13)14)17(9-10-17)11-5-7-12(18)8-6-11/h2-8H,9-10H2,1H3. The van der Waals surface area contributed by atoms with Crippen LogP contribution in [0.4, 0.5) is 0 Å². The van der Waals surface area contributed by atoms with E-state index in [9.17, 15) is 4.79 Å². The quantitative estimate of drug-likeness (QED) is 0.693. The molecule has 5 nitrogen and oxygen atoms in total. The summed E-state index contributed by atoms with van der Waals surface area (Å²) in [6.07, 6.45) is 2.01. The largest absolute Gasteiger partial charge is 0.464 e. The first kappa shape index (κ1) is 14.2. The third kappa shape index (κ3) is 2.11. The zero-order chi connectivity index (χ0) is 16.0. The van der Waals surface area contributed by atoms with Gasteiger partial charge in [0.1, 0.15) is 5.69 Å². The third-order valence-electron chi connectivity index (χ3n) is 4.44. The van der Waals surface area contributed by atoms with Gasteiger partial charge >= 0.3 is 5.97 Å². The maximum atomic E-state index is 11.9. The van der Waals surface area contributed by atoms with Crippen molar-refractivity contribution in [2.75, 3.05) is 7.11 Å². The van der Waals surface area contributed by atoms with Crippen LogP contribution in [0.2, 0.25) is 5.02 Å². The Bertz CT molecular complexity index is 898. The van der Waals surface area contributed by atoms with Gasteiger partial charge in [-0.2, -0.15) is 0 Å². The molecule has 0 amide bonds. The Labute approximate surface area is 137 Å². The van der Waals surface area contributed by atoms with Gasteiger partial charge in [-0.3, -0.25) is 0 Å². The van der Waals surface area contributed by atoms with Gasteiger partial charge in [-0.1, -0.05) is 35.0 Å². The Morgan fingerprint density at radius 3 is 2.61 bits per heavy atom. The van der Waals surface area contributed by atoms with E-state index in [0.717, 1.165) is 24.1 Å². The molecule has 1 aliphatic rings. The third-order valence-corrected chi connectivity index (χ3v) is 4.69. The number of aromatic nitrogens is 3. The minimum absolute atomic E-state index is 0.138. The van der Waals surface area contributed by atoms with Crippen molar-refractivity contribution >= 4 is 23.1 Å². The molecule has 1 aliphatic carbocycles. The van der Waals surface area contributed by atoms with E-state index >= 15 is 0 Å². The minimum Gasteiger partial charge on any atom is -0.464 e. The zero-order valence-electron chi connectivity index (χ0n) is 12.5. The van der Waals surface area contributed by atoms with Gasteiger partial charge in [0.25, 0.3) is 0 Å². The normalized spacial score (nSPS) is 15.6. The van der Waals surface area contributed by atoms with Gasteiger partial charge in [0.05, 0.1) is 12.6 Å². The number of carbonyl (C=O) groups is 1. The van der Waals surface area contributed by atoms with Crippen molar-refractivity contribution in [3.8, 4) is 0 Å². The summed E-state index contributed by atoms with van der Waals surface area (Å²) in [6, 6.07) is 13.3. The number of hydrogen-bond donors (Lipinski definition) is 0. The molecule has 0 saturated heterocycles. The Morgan fingerprint density at radius 1 is 1.22 bits per heavy atom. The molecule has 1 aromatic carbocycles. The number of halogens is 1. The monoisotopic (exact) mass is 327 g/mol. The van der Waals surface area contributed by atoms with Crippen molar-refractivity contribution in [3.63, 3.8) is 0 Å². The summed E-state index contributed by atoms with van der Waals surface area (Å²) in [5.74, 6) is -0.427. The van der Waals surface area contributed by atoms with Gasteiger partial charge in [-0.15, -0.1) is 5.10 Å². The van der Waals surface area contributed by atoms with Gasteiger partial charge in [-0.05, 0) is 42.7 Å². The molecule has 2 aromatic heterocycles. The van der Waals surface area contributed by atoms with E-state index in [1.807, 2.05) is 36.4 Å². The first-order valence-electron chi connectivity index (χ1n) is 7.35. The van der Waals surface area contributed by atoms with E-state index in [2.05, 4.69) is 10.3 Å². The van der Waals surface area contributed by atoms with Crippen LogP contribution in [0.25, 0.3) is 5.52 Å². The van der Waals surface area contributed by atoms with Crippen molar-refractivity contribution in [1.82, 2.24) is 14.8 Å². The van der Waals surface area contributed by atoms with Crippen molar-refractivity contribution in [2.24, 2.45) is 0 Å². The Hall–Kier alpha value is -2.40. The molecule has 0 spiro atoms. The molecule has 1 saturated carbocycles. The molecule has 0 atom stereocenters. The summed E-state index contributed by atoms with van der Waals surface area (Å²) in [5, 5.41) is 9.27. The summed E-state index contributed by atoms with van der Waals surface area (Å²) in [7, 11) is 1.36. The minimum atomic E-state index is -0.427. The molecule has 0 N–H and O–H groups in total. The number of carbonyl (C=O) groups excluding carboxylic acids is 1. The highest BCUT2D eigenvalue weighted by Crippen LogP contribution is 2.53. The van der Waals surface area contributed by atoms with Gasteiger partial charge in [0.15, 0.2) is 5.69 Å². The van der Waals surface area contributed by atoms with Crippen LogP contribution in [0.3, 0.4) is 0 Å². The highest BCUT2D eigenvalue weighted by atomic mass is 35.5. The van der Waals surface area contributed by atoms with Crippen LogP contribution in [-0.4, -0.2) is 27.9 Å². The molecule has 0 unspecified atom stereocenters. The van der Waals surface area contributed by atoms with Crippen LogP contribution in [0.1, 0.15) is 34.6 Å². The number of fused-ring (bicyclic) bond motifs is 1. The van der Waals surface area contributed by atoms with Crippen LogP contribution >= 0.6 is 11.6 Å². The molecule has 1 fully saturated rings. The zero-order valence-corrected chi connectivity index (χ0v) is 13.2. The lowest BCUT2D eigenvalue weighted by atomic mass is 9.91. The second-order valence-electron chi connectivity index (χ2n) is 5.73. The van der Waals surface area contributed by atoms with E-state index in [4.69, 9.17) is 16.3 Å². The van der Waals surface area contributed by atoms with Crippen molar-refractivity contribution in [1.29, 1.82) is 0 Å². The molecule has 0 radical (unpaired) electrons. The first-order valence-corrected chi connectivity index (χ1v) is 7.73. The number of hydrogen-bond acceptors (Lipinski definition) is 4. The van der Waals surface area contributed by atoms with E-state index in [1.165, 1.54) is 12.7 Å². The number of benzene rings is 1. The molecular formula is C17H14ClN3O2. The van der Waals surface area contributed by atoms with Crippen molar-refractivity contribution < 1.29 is 9.53 Å². The highest BCUT2D eigenvalue weighted by molar-refractivity contribution is 6.30. The molecule has 6 heteroatoms. The van der Waals surface area contributed by atoms with Crippen LogP contribution in [-0.2, 0) is 10.2 Å². The number of ether oxygens (including phenoxy) is 1. The maximum absolute atomic E-state index is 11.9. The average molecular weight is 328 g/mol. The van der Waals surface area contributed by atoms with Crippen molar-refractivity contribution in [3.05, 3.63) is 64.4 Å². The molecule has 4 rings (SSSR count). The Morgan fingerprint density at radius 2 is 1.96 bits per heavy atom. The predicted octanol–water partition coefficient (Wildman–Crippen LogP) is 3.25. The number of pyridine rings is 1. The maximum Gasteiger partial charge on any atom is 0.356 e. The fourth-order valence-corrected chi connectivity index (χ4v) is 3.20. The number of rotatable bonds is 3. The fraction of sp³-hybridized carbons (Fsp3) is 0.235. The Balaban J connectivity index is 1.87. The average Bonchev–Trinajstić information content (AvgIpc) is 3.26. The topological polar surface area (TPSA) is 56.5 Å². The van der Waals surface area contributed by atoms with Gasteiger partial charge in [-0.25, -0.2) is 9.31 Å². The summed E-state index contributed by atoms with van der Waals surface area (Å²) < 4.78 is 6.36. The summed E-state index contributed by atoms with van der Waals surface area (Å²) in [5.41, 5.74) is 3.13. The molecule has 0 aliphatic heterocycles.